The highest BCUT2D eigenvalue weighted by molar-refractivity contribution is 5.48. The number of aromatic nitrogens is 2. The molecule has 5 heteroatoms. The molecule has 1 aromatic rings. The zero-order valence-electron chi connectivity index (χ0n) is 12.2. The number of hydrogen-bond acceptors (Lipinski definition) is 5. The summed E-state index contributed by atoms with van der Waals surface area (Å²) < 4.78 is 0. The molecule has 0 amide bonds. The maximum atomic E-state index is 10.4. The Hall–Kier alpha value is -1.36. The second-order valence-electron chi connectivity index (χ2n) is 6.09. The summed E-state index contributed by atoms with van der Waals surface area (Å²) in [5.74, 6) is 3.18. The van der Waals surface area contributed by atoms with Crippen LogP contribution in [0.25, 0.3) is 0 Å². The minimum atomic E-state index is -0.553. The molecule has 0 unspecified atom stereocenters. The first kappa shape index (κ1) is 13.6. The lowest BCUT2D eigenvalue weighted by Gasteiger charge is -2.23. The number of nitrogens with one attached hydrogen (secondary N) is 2. The van der Waals surface area contributed by atoms with Crippen molar-refractivity contribution in [3.05, 3.63) is 11.9 Å². The molecule has 0 aliphatic heterocycles. The fraction of sp³-hybridized carbons (Fsp3) is 0.733. The van der Waals surface area contributed by atoms with Crippen molar-refractivity contribution in [3.63, 3.8) is 0 Å². The van der Waals surface area contributed by atoms with Gasteiger partial charge in [0.1, 0.15) is 17.5 Å². The van der Waals surface area contributed by atoms with E-state index in [-0.39, 0.29) is 0 Å². The van der Waals surface area contributed by atoms with Crippen LogP contribution in [-0.2, 0) is 0 Å². The van der Waals surface area contributed by atoms with Crippen LogP contribution in [0.15, 0.2) is 6.07 Å². The highest BCUT2D eigenvalue weighted by Gasteiger charge is 2.31. The van der Waals surface area contributed by atoms with Gasteiger partial charge < -0.3 is 15.7 Å². The van der Waals surface area contributed by atoms with Crippen molar-refractivity contribution < 1.29 is 5.11 Å². The number of hydrogen-bond donors (Lipinski definition) is 3. The van der Waals surface area contributed by atoms with Crippen LogP contribution in [0.3, 0.4) is 0 Å². The monoisotopic (exact) mass is 276 g/mol. The molecule has 3 rings (SSSR count). The molecule has 110 valence electrons. The highest BCUT2D eigenvalue weighted by atomic mass is 16.3. The summed E-state index contributed by atoms with van der Waals surface area (Å²) in [5, 5.41) is 17.0. The van der Waals surface area contributed by atoms with Gasteiger partial charge in [-0.2, -0.15) is 0 Å². The van der Waals surface area contributed by atoms with Crippen LogP contribution < -0.4 is 10.6 Å². The summed E-state index contributed by atoms with van der Waals surface area (Å²) in [4.78, 5) is 9.15. The molecule has 2 aliphatic carbocycles. The van der Waals surface area contributed by atoms with Gasteiger partial charge in [0.25, 0.3) is 0 Å². The van der Waals surface area contributed by atoms with Gasteiger partial charge in [-0.15, -0.1) is 0 Å². The van der Waals surface area contributed by atoms with Gasteiger partial charge in [-0.3, -0.25) is 0 Å². The van der Waals surface area contributed by atoms with Gasteiger partial charge in [-0.05, 0) is 32.6 Å². The van der Waals surface area contributed by atoms with Crippen LogP contribution in [-0.4, -0.2) is 33.8 Å². The van der Waals surface area contributed by atoms with Crippen LogP contribution in [0.5, 0.6) is 0 Å². The van der Waals surface area contributed by atoms with E-state index in [1.54, 1.807) is 0 Å². The molecular weight excluding hydrogens is 252 g/mol. The summed E-state index contributed by atoms with van der Waals surface area (Å²) >= 11 is 0. The Bertz CT molecular complexity index is 467. The second-order valence-corrected chi connectivity index (χ2v) is 6.09. The van der Waals surface area contributed by atoms with Gasteiger partial charge in [-0.25, -0.2) is 9.97 Å². The van der Waals surface area contributed by atoms with Gasteiger partial charge in [-0.1, -0.05) is 12.8 Å². The Morgan fingerprint density at radius 2 is 1.85 bits per heavy atom. The average molecular weight is 276 g/mol. The zero-order chi connectivity index (χ0) is 14.0. The third kappa shape index (κ3) is 3.20. The van der Waals surface area contributed by atoms with Gasteiger partial charge in [0, 0.05) is 25.1 Å². The molecule has 0 radical (unpaired) electrons. The molecule has 0 aromatic carbocycles. The highest BCUT2D eigenvalue weighted by Crippen LogP contribution is 2.39. The number of aliphatic hydroxyl groups is 1. The Balaban J connectivity index is 1.70. The molecule has 0 atom stereocenters. The third-order valence-electron chi connectivity index (χ3n) is 4.18. The van der Waals surface area contributed by atoms with E-state index < -0.39 is 5.60 Å². The Kier molecular flexibility index (Phi) is 3.78. The third-order valence-corrected chi connectivity index (χ3v) is 4.18. The lowest BCUT2D eigenvalue weighted by atomic mass is 10.0. The molecule has 0 saturated heterocycles. The first-order valence-electron chi connectivity index (χ1n) is 7.78. The molecule has 1 heterocycles. The molecule has 20 heavy (non-hydrogen) atoms. The van der Waals surface area contributed by atoms with Gasteiger partial charge in [0.05, 0.1) is 5.60 Å². The SMILES string of the molecule is CCNc1cc(NCC2(O)CCCC2)nc(C2CC2)n1. The Labute approximate surface area is 120 Å². The molecule has 2 fully saturated rings. The number of anilines is 2. The van der Waals surface area contributed by atoms with Crippen molar-refractivity contribution in [2.45, 2.75) is 57.0 Å². The van der Waals surface area contributed by atoms with Crippen molar-refractivity contribution in [3.8, 4) is 0 Å². The predicted octanol–water partition coefficient (Wildman–Crippen LogP) is 2.50. The summed E-state index contributed by atoms with van der Waals surface area (Å²) in [6, 6.07) is 1.94. The molecule has 2 aliphatic rings. The molecule has 0 spiro atoms. The van der Waals surface area contributed by atoms with E-state index in [4.69, 9.17) is 0 Å². The Morgan fingerprint density at radius 1 is 1.20 bits per heavy atom. The van der Waals surface area contributed by atoms with E-state index in [9.17, 15) is 5.11 Å². The van der Waals surface area contributed by atoms with E-state index in [2.05, 4.69) is 27.5 Å². The first-order chi connectivity index (χ1) is 9.68. The van der Waals surface area contributed by atoms with Gasteiger partial charge in [0.2, 0.25) is 0 Å². The lowest BCUT2D eigenvalue weighted by molar-refractivity contribution is 0.0614. The van der Waals surface area contributed by atoms with Crippen LogP contribution in [0.2, 0.25) is 0 Å². The predicted molar refractivity (Wildman–Crippen MR) is 80.1 cm³/mol. The van der Waals surface area contributed by atoms with Gasteiger partial charge in [0.15, 0.2) is 0 Å². The van der Waals surface area contributed by atoms with Crippen LogP contribution in [0, 0.1) is 0 Å². The Morgan fingerprint density at radius 3 is 2.45 bits per heavy atom. The van der Waals surface area contributed by atoms with Gasteiger partial charge >= 0.3 is 0 Å². The topological polar surface area (TPSA) is 70.1 Å². The summed E-state index contributed by atoms with van der Waals surface area (Å²) in [6.07, 6.45) is 6.41. The standard InChI is InChI=1S/C15H24N4O/c1-2-16-12-9-13(19-14(18-12)11-5-6-11)17-10-15(20)7-3-4-8-15/h9,11,20H,2-8,10H2,1H3,(H2,16,17,18,19). The summed E-state index contributed by atoms with van der Waals surface area (Å²) in [6.45, 7) is 3.50. The molecule has 0 bridgehead atoms. The number of rotatable bonds is 6. The fourth-order valence-electron chi connectivity index (χ4n) is 2.82. The first-order valence-corrected chi connectivity index (χ1v) is 7.78. The van der Waals surface area contributed by atoms with Crippen molar-refractivity contribution in [1.29, 1.82) is 0 Å². The lowest BCUT2D eigenvalue weighted by Crippen LogP contribution is -2.33. The second kappa shape index (κ2) is 5.56. The minimum absolute atomic E-state index is 0.531. The maximum absolute atomic E-state index is 10.4. The molecule has 5 nitrogen and oxygen atoms in total. The summed E-state index contributed by atoms with van der Waals surface area (Å²) in [7, 11) is 0. The summed E-state index contributed by atoms with van der Waals surface area (Å²) in [5.41, 5.74) is -0.553. The smallest absolute Gasteiger partial charge is 0.136 e. The van der Waals surface area contributed by atoms with Crippen molar-refractivity contribution in [2.75, 3.05) is 23.7 Å². The van der Waals surface area contributed by atoms with Crippen molar-refractivity contribution >= 4 is 11.6 Å². The van der Waals surface area contributed by atoms with E-state index in [1.165, 1.54) is 12.8 Å². The molecular formula is C15H24N4O. The molecule has 3 N–H and O–H groups in total. The van der Waals surface area contributed by atoms with Crippen LogP contribution in [0.4, 0.5) is 11.6 Å². The largest absolute Gasteiger partial charge is 0.388 e. The molecule has 2 saturated carbocycles. The van der Waals surface area contributed by atoms with E-state index in [0.29, 0.717) is 12.5 Å². The molecule has 1 aromatic heterocycles. The quantitative estimate of drug-likeness (QED) is 0.744. The van der Waals surface area contributed by atoms with E-state index in [1.807, 2.05) is 6.07 Å². The van der Waals surface area contributed by atoms with E-state index in [0.717, 1.165) is 49.7 Å². The van der Waals surface area contributed by atoms with Crippen LogP contribution in [0.1, 0.15) is 57.2 Å². The fourth-order valence-corrected chi connectivity index (χ4v) is 2.82. The van der Waals surface area contributed by atoms with Crippen molar-refractivity contribution in [2.24, 2.45) is 0 Å². The zero-order valence-corrected chi connectivity index (χ0v) is 12.2. The average Bonchev–Trinajstić information content (AvgIpc) is 3.20. The van der Waals surface area contributed by atoms with E-state index >= 15 is 0 Å². The van der Waals surface area contributed by atoms with Crippen molar-refractivity contribution in [1.82, 2.24) is 9.97 Å². The minimum Gasteiger partial charge on any atom is -0.388 e. The number of nitrogens with zero attached hydrogens (tertiary/aromatic N) is 2. The maximum Gasteiger partial charge on any atom is 0.136 e. The van der Waals surface area contributed by atoms with Crippen LogP contribution >= 0.6 is 0 Å². The normalized spacial score (nSPS) is 20.9.